The summed E-state index contributed by atoms with van der Waals surface area (Å²) < 4.78 is 0. The van der Waals surface area contributed by atoms with Crippen LogP contribution in [0, 0.1) is 0 Å². The number of nitrogens with one attached hydrogen (secondary N) is 1. The van der Waals surface area contributed by atoms with E-state index in [2.05, 4.69) is 5.32 Å². The fraction of sp³-hybridized carbons (Fsp3) is 0.579. The van der Waals surface area contributed by atoms with Gasteiger partial charge in [-0.3, -0.25) is 9.59 Å². The number of carbonyl (C=O) groups excluding carboxylic acids is 2. The summed E-state index contributed by atoms with van der Waals surface area (Å²) in [6.45, 7) is 9.90. The molecule has 6 heteroatoms. The van der Waals surface area contributed by atoms with E-state index in [9.17, 15) is 9.59 Å². The Balaban J connectivity index is 3.12. The number of hydrogen-bond acceptors (Lipinski definition) is 2. The third-order valence-electron chi connectivity index (χ3n) is 3.70. The molecule has 0 spiro atoms. The van der Waals surface area contributed by atoms with Crippen molar-refractivity contribution in [1.82, 2.24) is 10.2 Å². The zero-order chi connectivity index (χ0) is 19.2. The molecule has 25 heavy (non-hydrogen) atoms. The molecule has 0 radical (unpaired) electrons. The smallest absolute Gasteiger partial charge is 0.243 e. The van der Waals surface area contributed by atoms with Crippen LogP contribution in [0.3, 0.4) is 0 Å². The van der Waals surface area contributed by atoms with Gasteiger partial charge in [0.15, 0.2) is 0 Å². The molecule has 1 atom stereocenters. The summed E-state index contributed by atoms with van der Waals surface area (Å²) in [7, 11) is 0. The highest BCUT2D eigenvalue weighted by Crippen LogP contribution is 2.24. The van der Waals surface area contributed by atoms with Crippen molar-refractivity contribution in [2.75, 3.05) is 0 Å². The van der Waals surface area contributed by atoms with Crippen LogP contribution >= 0.6 is 23.2 Å². The van der Waals surface area contributed by atoms with E-state index in [-0.39, 0.29) is 23.9 Å². The largest absolute Gasteiger partial charge is 0.350 e. The zero-order valence-electron chi connectivity index (χ0n) is 15.7. The molecule has 4 nitrogen and oxygen atoms in total. The van der Waals surface area contributed by atoms with Crippen LogP contribution in [0.25, 0.3) is 0 Å². The molecule has 1 aromatic carbocycles. The SMILES string of the molecule is CCCC(=O)N(Cc1ccc(Cl)cc1Cl)[C@H](CC)C(=O)NC(C)(C)C. The highest BCUT2D eigenvalue weighted by Gasteiger charge is 2.30. The number of nitrogens with zero attached hydrogens (tertiary/aromatic N) is 1. The summed E-state index contributed by atoms with van der Waals surface area (Å²) in [5, 5.41) is 4.00. The predicted octanol–water partition coefficient (Wildman–Crippen LogP) is 4.82. The van der Waals surface area contributed by atoms with Gasteiger partial charge in [0, 0.05) is 28.5 Å². The van der Waals surface area contributed by atoms with Crippen LogP contribution in [0.2, 0.25) is 10.0 Å². The van der Waals surface area contributed by atoms with E-state index < -0.39 is 6.04 Å². The lowest BCUT2D eigenvalue weighted by molar-refractivity contribution is -0.142. The normalized spacial score (nSPS) is 12.6. The van der Waals surface area contributed by atoms with Gasteiger partial charge in [0.05, 0.1) is 0 Å². The van der Waals surface area contributed by atoms with Crippen molar-refractivity contribution in [3.63, 3.8) is 0 Å². The van der Waals surface area contributed by atoms with Gasteiger partial charge in [0.1, 0.15) is 6.04 Å². The Labute approximate surface area is 160 Å². The minimum absolute atomic E-state index is 0.0515. The molecule has 0 aliphatic heterocycles. The first-order valence-electron chi connectivity index (χ1n) is 8.64. The second-order valence-electron chi connectivity index (χ2n) is 7.17. The Kier molecular flexibility index (Phi) is 8.23. The van der Waals surface area contributed by atoms with E-state index in [0.29, 0.717) is 22.9 Å². The van der Waals surface area contributed by atoms with Crippen LogP contribution in [0.1, 0.15) is 59.4 Å². The van der Waals surface area contributed by atoms with Crippen LogP contribution in [-0.2, 0) is 16.1 Å². The fourth-order valence-electron chi connectivity index (χ4n) is 2.56. The van der Waals surface area contributed by atoms with E-state index in [4.69, 9.17) is 23.2 Å². The lowest BCUT2D eigenvalue weighted by Crippen LogP contribution is -2.53. The summed E-state index contributed by atoms with van der Waals surface area (Å²) in [6.07, 6.45) is 1.65. The van der Waals surface area contributed by atoms with Gasteiger partial charge in [-0.2, -0.15) is 0 Å². The van der Waals surface area contributed by atoms with Crippen molar-refractivity contribution in [3.05, 3.63) is 33.8 Å². The standard InChI is InChI=1S/C19H28Cl2N2O2/c1-6-8-17(24)23(12-13-9-10-14(20)11-15(13)21)16(7-2)18(25)22-19(3,4)5/h9-11,16H,6-8,12H2,1-5H3,(H,22,25)/t16-/m1/s1. The molecule has 2 amide bonds. The van der Waals surface area contributed by atoms with Crippen molar-refractivity contribution < 1.29 is 9.59 Å². The minimum atomic E-state index is -0.537. The Morgan fingerprint density at radius 1 is 1.20 bits per heavy atom. The Bertz CT molecular complexity index is 612. The molecule has 0 saturated carbocycles. The van der Waals surface area contributed by atoms with Gasteiger partial charge >= 0.3 is 0 Å². The van der Waals surface area contributed by atoms with Crippen LogP contribution in [0.5, 0.6) is 0 Å². The summed E-state index contributed by atoms with van der Waals surface area (Å²) in [5.74, 6) is -0.200. The molecule has 1 N–H and O–H groups in total. The highest BCUT2D eigenvalue weighted by molar-refractivity contribution is 6.35. The van der Waals surface area contributed by atoms with Gasteiger partial charge in [-0.1, -0.05) is 43.1 Å². The first-order chi connectivity index (χ1) is 11.6. The summed E-state index contributed by atoms with van der Waals surface area (Å²) in [4.78, 5) is 27.0. The monoisotopic (exact) mass is 386 g/mol. The van der Waals surface area contributed by atoms with E-state index in [1.54, 1.807) is 23.1 Å². The quantitative estimate of drug-likeness (QED) is 0.730. The maximum Gasteiger partial charge on any atom is 0.243 e. The zero-order valence-corrected chi connectivity index (χ0v) is 17.2. The maximum atomic E-state index is 12.7. The lowest BCUT2D eigenvalue weighted by atomic mass is 10.0. The molecule has 0 aliphatic rings. The first kappa shape index (κ1) is 21.8. The van der Waals surface area contributed by atoms with E-state index >= 15 is 0 Å². The van der Waals surface area contributed by atoms with E-state index in [1.807, 2.05) is 34.6 Å². The second kappa shape index (κ2) is 9.44. The molecule has 0 aliphatic carbocycles. The molecule has 0 heterocycles. The molecule has 0 fully saturated rings. The van der Waals surface area contributed by atoms with Gasteiger partial charge in [0.2, 0.25) is 11.8 Å². The van der Waals surface area contributed by atoms with Gasteiger partial charge in [-0.15, -0.1) is 0 Å². The van der Waals surface area contributed by atoms with Gasteiger partial charge < -0.3 is 10.2 Å². The van der Waals surface area contributed by atoms with E-state index in [0.717, 1.165) is 12.0 Å². The molecule has 0 bridgehead atoms. The lowest BCUT2D eigenvalue weighted by Gasteiger charge is -2.33. The van der Waals surface area contributed by atoms with Crippen molar-refractivity contribution in [2.24, 2.45) is 0 Å². The van der Waals surface area contributed by atoms with Gasteiger partial charge in [-0.05, 0) is 51.3 Å². The van der Waals surface area contributed by atoms with Gasteiger partial charge in [0.25, 0.3) is 0 Å². The number of carbonyl (C=O) groups is 2. The second-order valence-corrected chi connectivity index (χ2v) is 8.01. The fourth-order valence-corrected chi connectivity index (χ4v) is 3.03. The third-order valence-corrected chi connectivity index (χ3v) is 4.29. The van der Waals surface area contributed by atoms with Crippen molar-refractivity contribution in [1.29, 1.82) is 0 Å². The number of hydrogen-bond donors (Lipinski definition) is 1. The maximum absolute atomic E-state index is 12.7. The molecule has 140 valence electrons. The highest BCUT2D eigenvalue weighted by atomic mass is 35.5. The van der Waals surface area contributed by atoms with Crippen LogP contribution in [0.4, 0.5) is 0 Å². The van der Waals surface area contributed by atoms with Crippen molar-refractivity contribution in [2.45, 2.75) is 72.0 Å². The van der Waals surface area contributed by atoms with Gasteiger partial charge in [-0.25, -0.2) is 0 Å². The Hall–Kier alpha value is -1.26. The van der Waals surface area contributed by atoms with Crippen molar-refractivity contribution in [3.8, 4) is 0 Å². The summed E-state index contributed by atoms with van der Waals surface area (Å²) >= 11 is 12.2. The number of rotatable bonds is 7. The van der Waals surface area contributed by atoms with Crippen LogP contribution in [0.15, 0.2) is 18.2 Å². The molecular formula is C19H28Cl2N2O2. The summed E-state index contributed by atoms with van der Waals surface area (Å²) in [5.41, 5.74) is 0.416. The number of benzene rings is 1. The number of amides is 2. The Morgan fingerprint density at radius 3 is 2.32 bits per heavy atom. The molecule has 0 unspecified atom stereocenters. The first-order valence-corrected chi connectivity index (χ1v) is 9.40. The summed E-state index contributed by atoms with van der Waals surface area (Å²) in [6, 6.07) is 4.65. The van der Waals surface area contributed by atoms with Crippen LogP contribution < -0.4 is 5.32 Å². The average molecular weight is 387 g/mol. The molecule has 0 saturated heterocycles. The van der Waals surface area contributed by atoms with Crippen molar-refractivity contribution >= 4 is 35.0 Å². The average Bonchev–Trinajstić information content (AvgIpc) is 2.47. The predicted molar refractivity (Wildman–Crippen MR) is 104 cm³/mol. The van der Waals surface area contributed by atoms with Crippen LogP contribution in [-0.4, -0.2) is 28.3 Å². The molecular weight excluding hydrogens is 359 g/mol. The topological polar surface area (TPSA) is 49.4 Å². The molecule has 0 aromatic heterocycles. The molecule has 1 rings (SSSR count). The minimum Gasteiger partial charge on any atom is -0.350 e. The third kappa shape index (κ3) is 6.87. The molecule has 1 aromatic rings. The Morgan fingerprint density at radius 2 is 1.84 bits per heavy atom. The van der Waals surface area contributed by atoms with E-state index in [1.165, 1.54) is 0 Å². The number of halogens is 2.